The molecule has 9 nitrogen and oxygen atoms in total. The summed E-state index contributed by atoms with van der Waals surface area (Å²) in [4.78, 5) is 29.1. The molecule has 4 rings (SSSR count). The van der Waals surface area contributed by atoms with E-state index in [4.69, 9.17) is 12.2 Å². The zero-order chi connectivity index (χ0) is 20.9. The minimum absolute atomic E-state index is 0.104. The van der Waals surface area contributed by atoms with Gasteiger partial charge in [0.05, 0.1) is 5.69 Å². The molecule has 0 aliphatic rings. The highest BCUT2D eigenvalue weighted by Gasteiger charge is 2.15. The number of fused-ring (bicyclic) bond motifs is 1. The number of nitrogens with zero attached hydrogens (tertiary/aromatic N) is 4. The van der Waals surface area contributed by atoms with Crippen LogP contribution in [0, 0.1) is 0 Å². The molecule has 10 heteroatoms. The number of thiocarbonyl (C=S) groups is 1. The van der Waals surface area contributed by atoms with Crippen LogP contribution in [0.5, 0.6) is 0 Å². The van der Waals surface area contributed by atoms with Gasteiger partial charge < -0.3 is 9.88 Å². The maximum Gasteiger partial charge on any atom is 0.276 e. The molecule has 2 aromatic carbocycles. The van der Waals surface area contributed by atoms with E-state index < -0.39 is 0 Å². The van der Waals surface area contributed by atoms with E-state index in [1.807, 2.05) is 60.7 Å². The molecule has 0 atom stereocenters. The van der Waals surface area contributed by atoms with Gasteiger partial charge in [-0.05, 0) is 29.9 Å². The van der Waals surface area contributed by atoms with Crippen LogP contribution >= 0.6 is 12.2 Å². The zero-order valence-corrected chi connectivity index (χ0v) is 16.5. The standard InChI is InChI=1S/C20H17N7O2S/c28-17(24-25-19(30)23-15-9-5-2-6-10-15)12-26-16(14-7-3-1-4-8-14)11-18(29)27-20(26)21-13-22-27/h1-11,13H,12H2,(H,24,28)(H2,23,25,30). The summed E-state index contributed by atoms with van der Waals surface area (Å²) in [5.74, 6) is -0.112. The number of carbonyl (C=O) groups is 1. The van der Waals surface area contributed by atoms with Crippen molar-refractivity contribution in [1.29, 1.82) is 0 Å². The lowest BCUT2D eigenvalue weighted by atomic mass is 10.1. The molecule has 30 heavy (non-hydrogen) atoms. The molecule has 150 valence electrons. The summed E-state index contributed by atoms with van der Waals surface area (Å²) in [6, 6.07) is 20.1. The van der Waals surface area contributed by atoms with E-state index in [0.29, 0.717) is 5.69 Å². The second-order valence-corrected chi connectivity index (χ2v) is 6.69. The highest BCUT2D eigenvalue weighted by atomic mass is 32.1. The van der Waals surface area contributed by atoms with Crippen molar-refractivity contribution in [1.82, 2.24) is 30.0 Å². The number of anilines is 1. The third-order valence-electron chi connectivity index (χ3n) is 4.25. The molecule has 4 aromatic rings. The number of carbonyl (C=O) groups excluding carboxylic acids is 1. The fraction of sp³-hybridized carbons (Fsp3) is 0.0500. The van der Waals surface area contributed by atoms with Crippen LogP contribution in [-0.2, 0) is 11.3 Å². The number of nitrogens with one attached hydrogen (secondary N) is 3. The minimum atomic E-state index is -0.377. The van der Waals surface area contributed by atoms with Gasteiger partial charge in [0.2, 0.25) is 5.78 Å². The SMILES string of the molecule is O=C(Cn1c(-c2ccccc2)cc(=O)n2ncnc12)NNC(=S)Nc1ccccc1. The van der Waals surface area contributed by atoms with Crippen molar-refractivity contribution in [3.8, 4) is 11.3 Å². The lowest BCUT2D eigenvalue weighted by molar-refractivity contribution is -0.122. The molecule has 1 amide bonds. The first-order chi connectivity index (χ1) is 14.6. The number of para-hydroxylation sites is 1. The van der Waals surface area contributed by atoms with Gasteiger partial charge in [-0.15, -0.1) is 0 Å². The molecule has 0 spiro atoms. The average molecular weight is 419 g/mol. The van der Waals surface area contributed by atoms with Crippen LogP contribution in [0.25, 0.3) is 17.0 Å². The first-order valence-electron chi connectivity index (χ1n) is 9.02. The van der Waals surface area contributed by atoms with Crippen LogP contribution in [0.15, 0.2) is 77.9 Å². The van der Waals surface area contributed by atoms with Gasteiger partial charge in [-0.25, -0.2) is 0 Å². The van der Waals surface area contributed by atoms with Crippen LogP contribution < -0.4 is 21.7 Å². The zero-order valence-electron chi connectivity index (χ0n) is 15.6. The maximum absolute atomic E-state index is 12.6. The highest BCUT2D eigenvalue weighted by molar-refractivity contribution is 7.80. The van der Waals surface area contributed by atoms with Crippen LogP contribution in [0.3, 0.4) is 0 Å². The summed E-state index contributed by atoms with van der Waals surface area (Å²) < 4.78 is 2.77. The lowest BCUT2D eigenvalue weighted by Gasteiger charge is -2.15. The summed E-state index contributed by atoms with van der Waals surface area (Å²) in [6.07, 6.45) is 1.27. The Balaban J connectivity index is 1.53. The topological polar surface area (TPSA) is 105 Å². The molecule has 0 aliphatic heterocycles. The van der Waals surface area contributed by atoms with Crippen molar-refractivity contribution >= 4 is 34.7 Å². The Labute approximate surface area is 176 Å². The molecule has 0 unspecified atom stereocenters. The van der Waals surface area contributed by atoms with Gasteiger partial charge >= 0.3 is 0 Å². The van der Waals surface area contributed by atoms with E-state index in [1.165, 1.54) is 12.4 Å². The number of aromatic nitrogens is 4. The fourth-order valence-electron chi connectivity index (χ4n) is 2.94. The predicted molar refractivity (Wildman–Crippen MR) is 117 cm³/mol. The average Bonchev–Trinajstić information content (AvgIpc) is 3.26. The summed E-state index contributed by atoms with van der Waals surface area (Å²) in [5.41, 5.74) is 7.02. The van der Waals surface area contributed by atoms with E-state index in [-0.39, 0.29) is 28.9 Å². The van der Waals surface area contributed by atoms with E-state index in [1.54, 1.807) is 4.57 Å². The van der Waals surface area contributed by atoms with Gasteiger partial charge in [0.25, 0.3) is 11.5 Å². The van der Waals surface area contributed by atoms with Gasteiger partial charge in [-0.1, -0.05) is 48.5 Å². The van der Waals surface area contributed by atoms with E-state index in [2.05, 4.69) is 26.3 Å². The van der Waals surface area contributed by atoms with Crippen molar-refractivity contribution in [2.45, 2.75) is 6.54 Å². The number of amides is 1. The first kappa shape index (κ1) is 19.3. The smallest absolute Gasteiger partial charge is 0.276 e. The van der Waals surface area contributed by atoms with Gasteiger partial charge in [0.1, 0.15) is 12.9 Å². The second kappa shape index (κ2) is 8.53. The van der Waals surface area contributed by atoms with Gasteiger partial charge in [-0.2, -0.15) is 14.6 Å². The van der Waals surface area contributed by atoms with Crippen molar-refractivity contribution in [3.63, 3.8) is 0 Å². The Bertz CT molecular complexity index is 1250. The third kappa shape index (κ3) is 4.18. The van der Waals surface area contributed by atoms with Gasteiger partial charge in [0.15, 0.2) is 5.11 Å². The van der Waals surface area contributed by atoms with Crippen molar-refractivity contribution < 1.29 is 4.79 Å². The lowest BCUT2D eigenvalue weighted by Crippen LogP contribution is -2.45. The summed E-state index contributed by atoms with van der Waals surface area (Å²) in [7, 11) is 0. The number of benzene rings is 2. The molecule has 0 bridgehead atoms. The molecule has 0 fully saturated rings. The van der Waals surface area contributed by atoms with E-state index in [9.17, 15) is 9.59 Å². The quantitative estimate of drug-likeness (QED) is 0.341. The Morgan fingerprint density at radius 3 is 2.43 bits per heavy atom. The molecule has 0 saturated heterocycles. The molecule has 0 aliphatic carbocycles. The Morgan fingerprint density at radius 1 is 1.00 bits per heavy atom. The van der Waals surface area contributed by atoms with Crippen LogP contribution in [0.2, 0.25) is 0 Å². The molecular weight excluding hydrogens is 402 g/mol. The number of hydrogen-bond acceptors (Lipinski definition) is 5. The Kier molecular flexibility index (Phi) is 5.48. The molecule has 0 radical (unpaired) electrons. The predicted octanol–water partition coefficient (Wildman–Crippen LogP) is 1.58. The van der Waals surface area contributed by atoms with Crippen molar-refractivity contribution in [2.24, 2.45) is 0 Å². The van der Waals surface area contributed by atoms with Crippen LogP contribution in [-0.4, -0.2) is 30.2 Å². The second-order valence-electron chi connectivity index (χ2n) is 6.29. The Morgan fingerprint density at radius 2 is 1.70 bits per heavy atom. The van der Waals surface area contributed by atoms with Crippen molar-refractivity contribution in [3.05, 3.63) is 83.4 Å². The number of rotatable bonds is 4. The largest absolute Gasteiger partial charge is 0.331 e. The molecule has 2 heterocycles. The minimum Gasteiger partial charge on any atom is -0.331 e. The van der Waals surface area contributed by atoms with Crippen LogP contribution in [0.1, 0.15) is 0 Å². The molecule has 3 N–H and O–H groups in total. The molecule has 2 aromatic heterocycles. The highest BCUT2D eigenvalue weighted by Crippen LogP contribution is 2.19. The van der Waals surface area contributed by atoms with E-state index >= 15 is 0 Å². The maximum atomic E-state index is 12.6. The Hall–Kier alpha value is -4.05. The van der Waals surface area contributed by atoms with Crippen molar-refractivity contribution in [2.75, 3.05) is 5.32 Å². The van der Waals surface area contributed by atoms with Gasteiger partial charge in [0, 0.05) is 11.8 Å². The summed E-state index contributed by atoms with van der Waals surface area (Å²) in [5, 5.41) is 7.14. The van der Waals surface area contributed by atoms with Gasteiger partial charge in [-0.3, -0.25) is 20.4 Å². The first-order valence-corrected chi connectivity index (χ1v) is 9.42. The fourth-order valence-corrected chi connectivity index (χ4v) is 3.10. The monoisotopic (exact) mass is 419 g/mol. The molecular formula is C20H17N7O2S. The van der Waals surface area contributed by atoms with E-state index in [0.717, 1.165) is 15.8 Å². The number of hydrazine groups is 1. The normalized spacial score (nSPS) is 10.5. The summed E-state index contributed by atoms with van der Waals surface area (Å²) in [6.45, 7) is -0.104. The number of hydrogen-bond donors (Lipinski definition) is 3. The summed E-state index contributed by atoms with van der Waals surface area (Å²) >= 11 is 5.19. The third-order valence-corrected chi connectivity index (χ3v) is 4.45. The van der Waals surface area contributed by atoms with Crippen LogP contribution in [0.4, 0.5) is 5.69 Å². The molecule has 0 saturated carbocycles.